The van der Waals surface area contributed by atoms with E-state index in [-0.39, 0.29) is 12.2 Å². The topological polar surface area (TPSA) is 93.7 Å². The van der Waals surface area contributed by atoms with Crippen molar-refractivity contribution in [1.29, 1.82) is 0 Å². The van der Waals surface area contributed by atoms with Crippen LogP contribution in [0.5, 0.6) is 5.75 Å². The fraction of sp³-hybridized carbons (Fsp3) is 0.111. The van der Waals surface area contributed by atoms with Gasteiger partial charge in [-0.2, -0.15) is 0 Å². The molecule has 2 heterocycles. The number of nitrogens with one attached hydrogen (secondary N) is 2. The minimum atomic E-state index is -4.81. The molecule has 7 nitrogen and oxygen atoms in total. The molecule has 2 amide bonds. The van der Waals surface area contributed by atoms with Crippen molar-refractivity contribution in [3.8, 4) is 17.3 Å². The van der Waals surface area contributed by atoms with Crippen LogP contribution in [0.15, 0.2) is 63.6 Å². The number of carbonyl (C=O) groups excluding carboxylic acids is 2. The van der Waals surface area contributed by atoms with Gasteiger partial charge in [-0.05, 0) is 48.5 Å². The molecule has 0 unspecified atom stereocenters. The Morgan fingerprint density at radius 1 is 0.964 bits per heavy atom. The second-order valence-electron chi connectivity index (χ2n) is 5.45. The van der Waals surface area contributed by atoms with Gasteiger partial charge in [0.05, 0.1) is 12.8 Å². The lowest BCUT2D eigenvalue weighted by molar-refractivity contribution is -0.274. The third kappa shape index (κ3) is 5.16. The van der Waals surface area contributed by atoms with Gasteiger partial charge in [-0.3, -0.25) is 9.59 Å². The summed E-state index contributed by atoms with van der Waals surface area (Å²) in [5.41, 5.74) is 0.132. The van der Waals surface area contributed by atoms with Gasteiger partial charge < -0.3 is 24.2 Å². The minimum Gasteiger partial charge on any atom is -0.461 e. The lowest BCUT2D eigenvalue weighted by Gasteiger charge is -2.10. The summed E-state index contributed by atoms with van der Waals surface area (Å²) in [6, 6.07) is 11.1. The molecule has 3 aromatic rings. The Hall–Kier alpha value is -3.69. The Morgan fingerprint density at radius 2 is 1.71 bits per heavy atom. The van der Waals surface area contributed by atoms with E-state index in [0.717, 1.165) is 12.1 Å². The molecule has 0 aliphatic carbocycles. The average molecular weight is 394 g/mol. The third-order valence-electron chi connectivity index (χ3n) is 3.40. The van der Waals surface area contributed by atoms with Gasteiger partial charge in [0.25, 0.3) is 0 Å². The molecule has 2 aromatic heterocycles. The predicted molar refractivity (Wildman–Crippen MR) is 90.0 cm³/mol. The maximum absolute atomic E-state index is 12.1. The Balaban J connectivity index is 1.50. The number of hydrogen-bond acceptors (Lipinski definition) is 5. The van der Waals surface area contributed by atoms with E-state index in [2.05, 4.69) is 15.4 Å². The number of halogens is 3. The maximum atomic E-state index is 12.1. The summed E-state index contributed by atoms with van der Waals surface area (Å²) in [6.45, 7) is -0.0364. The summed E-state index contributed by atoms with van der Waals surface area (Å²) in [6.07, 6.45) is -3.32. The van der Waals surface area contributed by atoms with Gasteiger partial charge in [0.1, 0.15) is 11.5 Å². The van der Waals surface area contributed by atoms with Crippen LogP contribution in [-0.2, 0) is 16.1 Å². The molecule has 0 saturated heterocycles. The molecular weight excluding hydrogens is 381 g/mol. The quantitative estimate of drug-likeness (QED) is 0.644. The molecule has 1 aromatic carbocycles. The van der Waals surface area contributed by atoms with Crippen LogP contribution in [-0.4, -0.2) is 18.2 Å². The van der Waals surface area contributed by atoms with E-state index < -0.39 is 23.9 Å². The Bertz CT molecular complexity index is 947. The fourth-order valence-corrected chi connectivity index (χ4v) is 2.20. The highest BCUT2D eigenvalue weighted by atomic mass is 19.4. The fourth-order valence-electron chi connectivity index (χ4n) is 2.20. The first-order valence-electron chi connectivity index (χ1n) is 7.88. The summed E-state index contributed by atoms with van der Waals surface area (Å²) >= 11 is 0. The molecule has 0 radical (unpaired) electrons. The molecule has 10 heteroatoms. The molecule has 0 spiro atoms. The van der Waals surface area contributed by atoms with Crippen LogP contribution in [0.25, 0.3) is 11.5 Å². The van der Waals surface area contributed by atoms with Crippen molar-refractivity contribution in [2.24, 2.45) is 0 Å². The second kappa shape index (κ2) is 7.91. The predicted octanol–water partition coefficient (Wildman–Crippen LogP) is 3.69. The lowest BCUT2D eigenvalue weighted by Crippen LogP contribution is -2.34. The van der Waals surface area contributed by atoms with Crippen molar-refractivity contribution in [3.63, 3.8) is 0 Å². The van der Waals surface area contributed by atoms with Gasteiger partial charge in [0.2, 0.25) is 0 Å². The Kier molecular flexibility index (Phi) is 5.39. The SMILES string of the molecule is O=C(NCc1ccc(-c2ccco2)o1)C(=O)Nc1ccc(OC(F)(F)F)cc1. The number of carbonyl (C=O) groups is 2. The zero-order valence-corrected chi connectivity index (χ0v) is 14.1. The smallest absolute Gasteiger partial charge is 0.461 e. The van der Waals surface area contributed by atoms with Gasteiger partial charge >= 0.3 is 18.2 Å². The van der Waals surface area contributed by atoms with Crippen LogP contribution in [0, 0.1) is 0 Å². The highest BCUT2D eigenvalue weighted by molar-refractivity contribution is 6.39. The number of rotatable bonds is 5. The number of hydrogen-bond donors (Lipinski definition) is 2. The number of furan rings is 2. The van der Waals surface area contributed by atoms with Crippen molar-refractivity contribution in [1.82, 2.24) is 5.32 Å². The molecule has 0 atom stereocenters. The van der Waals surface area contributed by atoms with Crippen molar-refractivity contribution in [2.75, 3.05) is 5.32 Å². The average Bonchev–Trinajstić information content (AvgIpc) is 3.31. The first-order valence-corrected chi connectivity index (χ1v) is 7.88. The highest BCUT2D eigenvalue weighted by Crippen LogP contribution is 2.24. The van der Waals surface area contributed by atoms with E-state index in [9.17, 15) is 22.8 Å². The summed E-state index contributed by atoms with van der Waals surface area (Å²) in [5, 5.41) is 4.63. The number of benzene rings is 1. The third-order valence-corrected chi connectivity index (χ3v) is 3.40. The molecule has 28 heavy (non-hydrogen) atoms. The van der Waals surface area contributed by atoms with E-state index >= 15 is 0 Å². The van der Waals surface area contributed by atoms with Crippen LogP contribution in [0.3, 0.4) is 0 Å². The maximum Gasteiger partial charge on any atom is 0.573 e. The van der Waals surface area contributed by atoms with Crippen molar-refractivity contribution in [2.45, 2.75) is 12.9 Å². The van der Waals surface area contributed by atoms with E-state index in [0.29, 0.717) is 17.3 Å². The molecular formula is C18H13F3N2O5. The largest absolute Gasteiger partial charge is 0.573 e. The monoisotopic (exact) mass is 394 g/mol. The molecule has 146 valence electrons. The van der Waals surface area contributed by atoms with Crippen LogP contribution < -0.4 is 15.4 Å². The van der Waals surface area contributed by atoms with Gasteiger partial charge in [-0.25, -0.2) is 0 Å². The molecule has 0 bridgehead atoms. The van der Waals surface area contributed by atoms with Crippen molar-refractivity contribution < 1.29 is 36.3 Å². The number of ether oxygens (including phenoxy) is 1. The van der Waals surface area contributed by atoms with Gasteiger partial charge in [-0.1, -0.05) is 0 Å². The first-order chi connectivity index (χ1) is 13.3. The minimum absolute atomic E-state index is 0.0364. The first kappa shape index (κ1) is 19.1. The molecule has 3 rings (SSSR count). The van der Waals surface area contributed by atoms with Crippen LogP contribution in [0.2, 0.25) is 0 Å². The molecule has 2 N–H and O–H groups in total. The van der Waals surface area contributed by atoms with Gasteiger partial charge in [0.15, 0.2) is 11.5 Å². The zero-order valence-electron chi connectivity index (χ0n) is 14.1. The van der Waals surface area contributed by atoms with Crippen LogP contribution >= 0.6 is 0 Å². The Labute approximate surface area is 156 Å². The zero-order chi connectivity index (χ0) is 20.1. The highest BCUT2D eigenvalue weighted by Gasteiger charge is 2.31. The van der Waals surface area contributed by atoms with Gasteiger partial charge in [-0.15, -0.1) is 13.2 Å². The molecule has 0 fully saturated rings. The Morgan fingerprint density at radius 3 is 2.36 bits per heavy atom. The summed E-state index contributed by atoms with van der Waals surface area (Å²) in [4.78, 5) is 23.7. The van der Waals surface area contributed by atoms with E-state index in [1.54, 1.807) is 24.3 Å². The number of amides is 2. The van der Waals surface area contributed by atoms with Gasteiger partial charge in [0, 0.05) is 5.69 Å². The summed E-state index contributed by atoms with van der Waals surface area (Å²) < 4.78 is 50.7. The standard InChI is InChI=1S/C18H13F3N2O5/c19-18(20,21)28-12-5-3-11(4-6-12)23-17(25)16(24)22-10-13-7-8-15(27-13)14-2-1-9-26-14/h1-9H,10H2,(H,22,24)(H,23,25). The van der Waals surface area contributed by atoms with Crippen molar-refractivity contribution in [3.05, 3.63) is 60.6 Å². The van der Waals surface area contributed by atoms with Crippen molar-refractivity contribution >= 4 is 17.5 Å². The van der Waals surface area contributed by atoms with Crippen LogP contribution in [0.4, 0.5) is 18.9 Å². The summed E-state index contributed by atoms with van der Waals surface area (Å²) in [7, 11) is 0. The molecule has 0 aliphatic heterocycles. The lowest BCUT2D eigenvalue weighted by atomic mass is 10.3. The van der Waals surface area contributed by atoms with E-state index in [1.807, 2.05) is 0 Å². The van der Waals surface area contributed by atoms with E-state index in [4.69, 9.17) is 8.83 Å². The van der Waals surface area contributed by atoms with Crippen LogP contribution in [0.1, 0.15) is 5.76 Å². The second-order valence-corrected chi connectivity index (χ2v) is 5.45. The number of alkyl halides is 3. The normalized spacial score (nSPS) is 11.1. The molecule has 0 aliphatic rings. The number of anilines is 1. The summed E-state index contributed by atoms with van der Waals surface area (Å²) in [5.74, 6) is -0.969. The molecule has 0 saturated carbocycles. The van der Waals surface area contributed by atoms with E-state index in [1.165, 1.54) is 18.4 Å².